The van der Waals surface area contributed by atoms with Gasteiger partial charge in [-0.3, -0.25) is 14.6 Å². The lowest BCUT2D eigenvalue weighted by Gasteiger charge is -2.47. The van der Waals surface area contributed by atoms with E-state index in [-0.39, 0.29) is 5.91 Å². The van der Waals surface area contributed by atoms with E-state index in [9.17, 15) is 4.79 Å². The predicted molar refractivity (Wildman–Crippen MR) is 75.3 cm³/mol. The van der Waals surface area contributed by atoms with Gasteiger partial charge in [-0.25, -0.2) is 0 Å². The van der Waals surface area contributed by atoms with Crippen LogP contribution in [0.15, 0.2) is 24.3 Å². The standard InChI is InChI=1S/C15H21N3O/c1-12-4-2-3-5-14(12)15(19)16-10-13-11-17-6-8-18(13)9-7-17/h2-5,13H,6-11H2,1H3,(H,16,19). The fourth-order valence-corrected chi connectivity index (χ4v) is 3.05. The summed E-state index contributed by atoms with van der Waals surface area (Å²) in [7, 11) is 0. The molecule has 0 radical (unpaired) electrons. The van der Waals surface area contributed by atoms with E-state index >= 15 is 0 Å². The molecule has 0 saturated carbocycles. The van der Waals surface area contributed by atoms with Crippen LogP contribution in [0.25, 0.3) is 0 Å². The van der Waals surface area contributed by atoms with Crippen molar-refractivity contribution in [2.24, 2.45) is 0 Å². The van der Waals surface area contributed by atoms with Gasteiger partial charge in [0.1, 0.15) is 0 Å². The minimum atomic E-state index is 0.0516. The third kappa shape index (κ3) is 2.65. The predicted octanol–water partition coefficient (Wildman–Crippen LogP) is 0.725. The van der Waals surface area contributed by atoms with Gasteiger partial charge in [0, 0.05) is 50.9 Å². The summed E-state index contributed by atoms with van der Waals surface area (Å²) < 4.78 is 0. The molecule has 1 unspecified atom stereocenters. The molecular weight excluding hydrogens is 238 g/mol. The topological polar surface area (TPSA) is 35.6 Å². The van der Waals surface area contributed by atoms with Gasteiger partial charge in [-0.15, -0.1) is 0 Å². The minimum Gasteiger partial charge on any atom is -0.350 e. The maximum Gasteiger partial charge on any atom is 0.251 e. The van der Waals surface area contributed by atoms with Crippen molar-refractivity contribution in [2.45, 2.75) is 13.0 Å². The van der Waals surface area contributed by atoms with Crippen molar-refractivity contribution >= 4 is 5.91 Å². The molecule has 4 nitrogen and oxygen atoms in total. The average Bonchev–Trinajstić information content (AvgIpc) is 2.46. The van der Waals surface area contributed by atoms with Crippen molar-refractivity contribution < 1.29 is 4.79 Å². The third-order valence-corrected chi connectivity index (χ3v) is 4.28. The highest BCUT2D eigenvalue weighted by Crippen LogP contribution is 2.15. The average molecular weight is 259 g/mol. The Morgan fingerprint density at radius 1 is 1.26 bits per heavy atom. The molecule has 0 aromatic heterocycles. The summed E-state index contributed by atoms with van der Waals surface area (Å²) in [6, 6.07) is 8.23. The molecule has 102 valence electrons. The molecule has 1 N–H and O–H groups in total. The number of carbonyl (C=O) groups is 1. The van der Waals surface area contributed by atoms with Crippen molar-refractivity contribution in [3.05, 3.63) is 35.4 Å². The number of hydrogen-bond acceptors (Lipinski definition) is 3. The molecule has 4 heteroatoms. The Kier molecular flexibility index (Phi) is 3.53. The summed E-state index contributed by atoms with van der Waals surface area (Å²) in [5.74, 6) is 0.0516. The second-order valence-electron chi connectivity index (χ2n) is 5.52. The Morgan fingerprint density at radius 3 is 2.63 bits per heavy atom. The number of nitrogens with zero attached hydrogens (tertiary/aromatic N) is 2. The van der Waals surface area contributed by atoms with Gasteiger partial charge in [-0.05, 0) is 18.6 Å². The van der Waals surface area contributed by atoms with E-state index in [1.807, 2.05) is 31.2 Å². The number of hydrogen-bond donors (Lipinski definition) is 1. The van der Waals surface area contributed by atoms with Crippen LogP contribution in [-0.2, 0) is 0 Å². The number of aryl methyl sites for hydroxylation is 1. The van der Waals surface area contributed by atoms with Crippen molar-refractivity contribution in [3.63, 3.8) is 0 Å². The van der Waals surface area contributed by atoms with Crippen molar-refractivity contribution in [1.82, 2.24) is 15.1 Å². The third-order valence-electron chi connectivity index (χ3n) is 4.28. The van der Waals surface area contributed by atoms with Crippen LogP contribution in [0.2, 0.25) is 0 Å². The van der Waals surface area contributed by atoms with Gasteiger partial charge in [0.05, 0.1) is 0 Å². The zero-order valence-electron chi connectivity index (χ0n) is 11.4. The lowest BCUT2D eigenvalue weighted by molar-refractivity contribution is 0.0138. The SMILES string of the molecule is Cc1ccccc1C(=O)NCC1CN2CCN1CC2. The maximum absolute atomic E-state index is 12.2. The van der Waals surface area contributed by atoms with Crippen LogP contribution in [0, 0.1) is 6.92 Å². The Hall–Kier alpha value is -1.39. The normalized spacial score (nSPS) is 29.2. The molecule has 3 saturated heterocycles. The van der Waals surface area contributed by atoms with Gasteiger partial charge >= 0.3 is 0 Å². The Bertz CT molecular complexity index is 466. The van der Waals surface area contributed by atoms with Gasteiger partial charge in [0.15, 0.2) is 0 Å². The molecule has 3 aliphatic heterocycles. The van der Waals surface area contributed by atoms with E-state index in [1.54, 1.807) is 0 Å². The van der Waals surface area contributed by atoms with Crippen LogP contribution >= 0.6 is 0 Å². The molecule has 0 spiro atoms. The molecule has 3 heterocycles. The van der Waals surface area contributed by atoms with Crippen LogP contribution < -0.4 is 5.32 Å². The molecule has 3 fully saturated rings. The fourth-order valence-electron chi connectivity index (χ4n) is 3.05. The minimum absolute atomic E-state index is 0.0516. The monoisotopic (exact) mass is 259 g/mol. The van der Waals surface area contributed by atoms with Gasteiger partial charge in [0.2, 0.25) is 0 Å². The fraction of sp³-hybridized carbons (Fsp3) is 0.533. The first-order valence-corrected chi connectivity index (χ1v) is 7.04. The molecule has 1 aromatic rings. The number of amides is 1. The van der Waals surface area contributed by atoms with E-state index in [0.29, 0.717) is 6.04 Å². The number of fused-ring (bicyclic) bond motifs is 3. The van der Waals surface area contributed by atoms with Crippen molar-refractivity contribution in [2.75, 3.05) is 39.3 Å². The number of benzene rings is 1. The largest absolute Gasteiger partial charge is 0.350 e. The molecule has 3 aliphatic rings. The Labute approximate surface area is 114 Å². The lowest BCUT2D eigenvalue weighted by Crippen LogP contribution is -2.63. The van der Waals surface area contributed by atoms with Crippen LogP contribution in [0.3, 0.4) is 0 Å². The highest BCUT2D eigenvalue weighted by Gasteiger charge is 2.31. The summed E-state index contributed by atoms with van der Waals surface area (Å²) in [5.41, 5.74) is 1.83. The molecule has 19 heavy (non-hydrogen) atoms. The molecule has 2 bridgehead atoms. The lowest BCUT2D eigenvalue weighted by atomic mass is 10.1. The number of rotatable bonds is 3. The summed E-state index contributed by atoms with van der Waals surface area (Å²) in [5, 5.41) is 3.09. The van der Waals surface area contributed by atoms with Gasteiger partial charge < -0.3 is 5.32 Å². The van der Waals surface area contributed by atoms with Crippen LogP contribution in [0.1, 0.15) is 15.9 Å². The van der Waals surface area contributed by atoms with Crippen LogP contribution in [0.5, 0.6) is 0 Å². The van der Waals surface area contributed by atoms with E-state index in [2.05, 4.69) is 15.1 Å². The second kappa shape index (κ2) is 5.31. The zero-order valence-corrected chi connectivity index (χ0v) is 11.4. The van der Waals surface area contributed by atoms with Crippen LogP contribution in [-0.4, -0.2) is 61.0 Å². The molecule has 1 amide bonds. The first-order valence-electron chi connectivity index (χ1n) is 7.04. The Morgan fingerprint density at radius 2 is 2.00 bits per heavy atom. The maximum atomic E-state index is 12.2. The number of nitrogens with one attached hydrogen (secondary N) is 1. The number of carbonyl (C=O) groups excluding carboxylic acids is 1. The molecule has 4 rings (SSSR count). The van der Waals surface area contributed by atoms with Gasteiger partial charge in [0.25, 0.3) is 5.91 Å². The van der Waals surface area contributed by atoms with E-state index in [4.69, 9.17) is 0 Å². The first kappa shape index (κ1) is 12.6. The zero-order chi connectivity index (χ0) is 13.2. The molecular formula is C15H21N3O. The van der Waals surface area contributed by atoms with Gasteiger partial charge in [-0.2, -0.15) is 0 Å². The summed E-state index contributed by atoms with van der Waals surface area (Å²) in [6.07, 6.45) is 0. The quantitative estimate of drug-likeness (QED) is 0.869. The molecule has 1 atom stereocenters. The molecule has 1 aromatic carbocycles. The van der Waals surface area contributed by atoms with Crippen LogP contribution in [0.4, 0.5) is 0 Å². The van der Waals surface area contributed by atoms with Crippen molar-refractivity contribution in [3.8, 4) is 0 Å². The Balaban J connectivity index is 1.58. The highest BCUT2D eigenvalue weighted by molar-refractivity contribution is 5.95. The highest BCUT2D eigenvalue weighted by atomic mass is 16.1. The van der Waals surface area contributed by atoms with Crippen molar-refractivity contribution in [1.29, 1.82) is 0 Å². The molecule has 0 aliphatic carbocycles. The summed E-state index contributed by atoms with van der Waals surface area (Å²) in [6.45, 7) is 8.48. The van der Waals surface area contributed by atoms with E-state index in [0.717, 1.165) is 37.3 Å². The second-order valence-corrected chi connectivity index (χ2v) is 5.52. The first-order chi connectivity index (χ1) is 9.24. The van der Waals surface area contributed by atoms with Gasteiger partial charge in [-0.1, -0.05) is 18.2 Å². The summed E-state index contributed by atoms with van der Waals surface area (Å²) >= 11 is 0. The summed E-state index contributed by atoms with van der Waals surface area (Å²) in [4.78, 5) is 17.2. The smallest absolute Gasteiger partial charge is 0.251 e. The van der Waals surface area contributed by atoms with E-state index in [1.165, 1.54) is 13.1 Å². The number of piperazine rings is 3. The van der Waals surface area contributed by atoms with E-state index < -0.39 is 0 Å².